The lowest BCUT2D eigenvalue weighted by molar-refractivity contribution is -0.119. The Labute approximate surface area is 191 Å². The Balaban J connectivity index is 0.00000171. The number of amides is 2. The molecule has 1 unspecified atom stereocenters. The molecule has 1 aromatic carbocycles. The molecule has 1 aromatic heterocycles. The van der Waals surface area contributed by atoms with Crippen LogP contribution in [-0.2, 0) is 4.79 Å². The lowest BCUT2D eigenvalue weighted by Gasteiger charge is -2.22. The fraction of sp³-hybridized carbons (Fsp3) is 0.333. The number of halogens is 2. The number of carbonyl (C=O) groups is 2. The van der Waals surface area contributed by atoms with Crippen LogP contribution in [0.3, 0.4) is 0 Å². The Morgan fingerprint density at radius 1 is 1.23 bits per heavy atom. The van der Waals surface area contributed by atoms with E-state index < -0.39 is 11.5 Å². The monoisotopic (exact) mass is 466 g/mol. The summed E-state index contributed by atoms with van der Waals surface area (Å²) in [7, 11) is 0. The first-order chi connectivity index (χ1) is 14.0. The van der Waals surface area contributed by atoms with Crippen molar-refractivity contribution in [2.75, 3.05) is 18.4 Å². The predicted molar refractivity (Wildman–Crippen MR) is 123 cm³/mol. The first kappa shape index (κ1) is 24.6. The molecular weight excluding hydrogens is 443 g/mol. The molecule has 10 heteroatoms. The highest BCUT2D eigenvalue weighted by Gasteiger charge is 2.23. The van der Waals surface area contributed by atoms with Crippen LogP contribution >= 0.6 is 24.8 Å². The minimum atomic E-state index is -0.630. The molecule has 0 aliphatic carbocycles. The quantitative estimate of drug-likeness (QED) is 0.640. The largest absolute Gasteiger partial charge is 0.427 e. The summed E-state index contributed by atoms with van der Waals surface area (Å²) in [6.07, 6.45) is 2.17. The third kappa shape index (κ3) is 5.52. The van der Waals surface area contributed by atoms with Gasteiger partial charge in [-0.05, 0) is 50.1 Å². The molecule has 2 aliphatic rings. The number of hydrazone groups is 1. The lowest BCUT2D eigenvalue weighted by atomic mass is 9.95. The van der Waals surface area contributed by atoms with Gasteiger partial charge in [0.1, 0.15) is 11.3 Å². The van der Waals surface area contributed by atoms with Crippen molar-refractivity contribution in [1.82, 2.24) is 10.7 Å². The van der Waals surface area contributed by atoms with E-state index in [0.717, 1.165) is 31.5 Å². The van der Waals surface area contributed by atoms with Crippen molar-refractivity contribution in [1.29, 1.82) is 0 Å². The summed E-state index contributed by atoms with van der Waals surface area (Å²) >= 11 is 0. The van der Waals surface area contributed by atoms with Gasteiger partial charge in [0.05, 0.1) is 12.1 Å². The summed E-state index contributed by atoms with van der Waals surface area (Å²) in [5.41, 5.74) is 4.20. The summed E-state index contributed by atoms with van der Waals surface area (Å²) in [6.45, 7) is 3.48. The third-order valence-electron chi connectivity index (χ3n) is 5.19. The van der Waals surface area contributed by atoms with Gasteiger partial charge < -0.3 is 15.1 Å². The van der Waals surface area contributed by atoms with Crippen LogP contribution in [0.2, 0.25) is 0 Å². The Hall–Kier alpha value is -2.68. The van der Waals surface area contributed by atoms with Gasteiger partial charge in [-0.1, -0.05) is 12.1 Å². The number of anilines is 1. The number of carbonyl (C=O) groups excluding carboxylic acids is 2. The van der Waals surface area contributed by atoms with E-state index in [2.05, 4.69) is 21.2 Å². The van der Waals surface area contributed by atoms with Gasteiger partial charge in [-0.15, -0.1) is 24.8 Å². The summed E-state index contributed by atoms with van der Waals surface area (Å²) in [5.74, 6) is 0.0716. The molecule has 0 saturated carbocycles. The average molecular weight is 467 g/mol. The van der Waals surface area contributed by atoms with E-state index in [-0.39, 0.29) is 48.6 Å². The van der Waals surface area contributed by atoms with Gasteiger partial charge in [-0.25, -0.2) is 10.2 Å². The van der Waals surface area contributed by atoms with Crippen LogP contribution in [-0.4, -0.2) is 30.6 Å². The molecule has 2 aliphatic heterocycles. The van der Waals surface area contributed by atoms with Crippen molar-refractivity contribution in [3.63, 3.8) is 0 Å². The predicted octanol–water partition coefficient (Wildman–Crippen LogP) is 2.74. The summed E-state index contributed by atoms with van der Waals surface area (Å²) < 4.78 is 5.48. The Morgan fingerprint density at radius 2 is 2.03 bits per heavy atom. The topological polar surface area (TPSA) is 113 Å². The van der Waals surface area contributed by atoms with Gasteiger partial charge in [0.25, 0.3) is 5.91 Å². The standard InChI is InChI=1S/C21H22N4O4.2ClH/c1-12-8-17(14-5-3-7-22-11-14)29-21(28)19(12)20(27)23-15-6-2-4-13(9-15)16-10-18(26)25-24-16;;/h2,4,6,8-9,14,22H,3,5,7,10-11H2,1H3,(H,23,27)(H,25,26);2*1H. The zero-order chi connectivity index (χ0) is 20.4. The van der Waals surface area contributed by atoms with Crippen LogP contribution in [0, 0.1) is 6.92 Å². The van der Waals surface area contributed by atoms with Gasteiger partial charge >= 0.3 is 5.63 Å². The van der Waals surface area contributed by atoms with Crippen molar-refractivity contribution in [3.05, 3.63) is 63.2 Å². The van der Waals surface area contributed by atoms with Crippen LogP contribution in [0.4, 0.5) is 5.69 Å². The molecule has 31 heavy (non-hydrogen) atoms. The van der Waals surface area contributed by atoms with Crippen molar-refractivity contribution in [2.24, 2.45) is 5.10 Å². The Morgan fingerprint density at radius 3 is 2.68 bits per heavy atom. The molecule has 3 N–H and O–H groups in total. The van der Waals surface area contributed by atoms with Crippen LogP contribution in [0.25, 0.3) is 0 Å². The number of benzene rings is 1. The molecule has 0 spiro atoms. The summed E-state index contributed by atoms with van der Waals surface area (Å²) in [5, 5.41) is 10.0. The van der Waals surface area contributed by atoms with E-state index in [4.69, 9.17) is 4.42 Å². The van der Waals surface area contributed by atoms with Crippen LogP contribution in [0.15, 0.2) is 44.6 Å². The molecule has 1 atom stereocenters. The molecule has 8 nitrogen and oxygen atoms in total. The molecule has 4 rings (SSSR count). The number of aryl methyl sites for hydroxylation is 1. The molecule has 0 radical (unpaired) electrons. The van der Waals surface area contributed by atoms with E-state index in [1.807, 2.05) is 0 Å². The van der Waals surface area contributed by atoms with E-state index in [0.29, 0.717) is 22.7 Å². The molecule has 1 saturated heterocycles. The van der Waals surface area contributed by atoms with Crippen molar-refractivity contribution < 1.29 is 14.0 Å². The Kier molecular flexibility index (Phi) is 8.38. The molecule has 0 bridgehead atoms. The van der Waals surface area contributed by atoms with Crippen molar-refractivity contribution in [2.45, 2.75) is 32.1 Å². The van der Waals surface area contributed by atoms with Crippen LogP contribution in [0.1, 0.15) is 52.4 Å². The first-order valence-corrected chi connectivity index (χ1v) is 9.64. The zero-order valence-electron chi connectivity index (χ0n) is 16.9. The minimum Gasteiger partial charge on any atom is -0.427 e. The number of nitrogens with zero attached hydrogens (tertiary/aromatic N) is 1. The van der Waals surface area contributed by atoms with E-state index >= 15 is 0 Å². The zero-order valence-corrected chi connectivity index (χ0v) is 18.5. The maximum absolute atomic E-state index is 12.7. The fourth-order valence-electron chi connectivity index (χ4n) is 3.70. The molecule has 1 fully saturated rings. The number of hydrogen-bond donors (Lipinski definition) is 3. The van der Waals surface area contributed by atoms with Gasteiger partial charge in [0, 0.05) is 23.7 Å². The normalized spacial score (nSPS) is 17.6. The maximum atomic E-state index is 12.7. The third-order valence-corrected chi connectivity index (χ3v) is 5.19. The highest BCUT2D eigenvalue weighted by atomic mass is 35.5. The van der Waals surface area contributed by atoms with E-state index in [9.17, 15) is 14.4 Å². The maximum Gasteiger partial charge on any atom is 0.349 e. The summed E-state index contributed by atoms with van der Waals surface area (Å²) in [6, 6.07) is 8.78. The van der Waals surface area contributed by atoms with Crippen LogP contribution in [0.5, 0.6) is 0 Å². The average Bonchev–Trinajstić information content (AvgIpc) is 3.15. The molecule has 3 heterocycles. The van der Waals surface area contributed by atoms with E-state index in [1.54, 1.807) is 37.3 Å². The second-order valence-electron chi connectivity index (χ2n) is 7.34. The fourth-order valence-corrected chi connectivity index (χ4v) is 3.70. The van der Waals surface area contributed by atoms with Crippen molar-refractivity contribution >= 4 is 48.0 Å². The number of nitrogens with one attached hydrogen (secondary N) is 3. The van der Waals surface area contributed by atoms with Crippen LogP contribution < -0.4 is 21.7 Å². The molecular formula is C21H24Cl2N4O4. The number of piperidine rings is 1. The SMILES string of the molecule is Cc1cc(C2CCCNC2)oc(=O)c1C(=O)Nc1cccc(C2=NNC(=O)C2)c1.Cl.Cl. The van der Waals surface area contributed by atoms with Gasteiger partial charge in [0.2, 0.25) is 5.91 Å². The smallest absolute Gasteiger partial charge is 0.349 e. The van der Waals surface area contributed by atoms with Gasteiger partial charge in [0.15, 0.2) is 0 Å². The second kappa shape index (κ2) is 10.6. The van der Waals surface area contributed by atoms with E-state index in [1.165, 1.54) is 0 Å². The molecule has 2 aromatic rings. The first-order valence-electron chi connectivity index (χ1n) is 9.64. The van der Waals surface area contributed by atoms with Gasteiger partial charge in [-0.2, -0.15) is 5.10 Å². The summed E-state index contributed by atoms with van der Waals surface area (Å²) in [4.78, 5) is 36.6. The Bertz CT molecular complexity index is 1060. The molecule has 2 amide bonds. The highest BCUT2D eigenvalue weighted by molar-refractivity contribution is 6.14. The van der Waals surface area contributed by atoms with Crippen molar-refractivity contribution in [3.8, 4) is 0 Å². The number of hydrogen-bond acceptors (Lipinski definition) is 6. The number of rotatable bonds is 4. The van der Waals surface area contributed by atoms with Gasteiger partial charge in [-0.3, -0.25) is 9.59 Å². The highest BCUT2D eigenvalue weighted by Crippen LogP contribution is 2.24. The second-order valence-corrected chi connectivity index (χ2v) is 7.34. The lowest BCUT2D eigenvalue weighted by Crippen LogP contribution is -2.30. The molecule has 166 valence electrons. The minimum absolute atomic E-state index is 0.